The van der Waals surface area contributed by atoms with Gasteiger partial charge in [0.2, 0.25) is 0 Å². The lowest BCUT2D eigenvalue weighted by Crippen LogP contribution is -2.43. The molecule has 0 bridgehead atoms. The van der Waals surface area contributed by atoms with Crippen molar-refractivity contribution in [2.75, 3.05) is 0 Å². The van der Waals surface area contributed by atoms with Crippen LogP contribution in [0.4, 0.5) is 0 Å². The van der Waals surface area contributed by atoms with Gasteiger partial charge >= 0.3 is 0 Å². The van der Waals surface area contributed by atoms with Crippen molar-refractivity contribution in [3.8, 4) is 0 Å². The second-order valence-electron chi connectivity index (χ2n) is 8.62. The van der Waals surface area contributed by atoms with Crippen LogP contribution in [0, 0.1) is 0 Å². The van der Waals surface area contributed by atoms with Gasteiger partial charge in [-0.1, -0.05) is 54.6 Å². The largest absolute Gasteiger partial charge is 0.269 e. The Hall–Kier alpha value is -6.30. The Kier molecular flexibility index (Phi) is 9.34. The predicted octanol–water partition coefficient (Wildman–Crippen LogP) is 1.91. The number of carbonyl (C=O) groups is 6. The molecule has 4 rings (SSSR count). The molecule has 42 heavy (non-hydrogen) atoms. The third kappa shape index (κ3) is 7.64. The molecule has 4 aromatic carbocycles. The van der Waals surface area contributed by atoms with Crippen LogP contribution in [-0.2, 0) is 0 Å². The molecule has 4 aromatic rings. The summed E-state index contributed by atoms with van der Waals surface area (Å²) >= 11 is 0. The quantitative estimate of drug-likeness (QED) is 0.195. The molecule has 0 heterocycles. The normalized spacial score (nSPS) is 10.0. The second-order valence-corrected chi connectivity index (χ2v) is 8.62. The Bertz CT molecular complexity index is 1420. The maximum absolute atomic E-state index is 12.9. The van der Waals surface area contributed by atoms with E-state index in [1.165, 1.54) is 0 Å². The van der Waals surface area contributed by atoms with Crippen molar-refractivity contribution in [1.82, 2.24) is 32.6 Å². The van der Waals surface area contributed by atoms with Gasteiger partial charge < -0.3 is 0 Å². The van der Waals surface area contributed by atoms with Crippen LogP contribution in [0.2, 0.25) is 0 Å². The van der Waals surface area contributed by atoms with Crippen molar-refractivity contribution >= 4 is 35.4 Å². The molecule has 0 radical (unpaired) electrons. The maximum atomic E-state index is 12.9. The van der Waals surface area contributed by atoms with Gasteiger partial charge in [-0.3, -0.25) is 61.3 Å². The van der Waals surface area contributed by atoms with Crippen LogP contribution in [0.1, 0.15) is 62.1 Å². The Morgan fingerprint density at radius 2 is 0.476 bits per heavy atom. The third-order valence-electron chi connectivity index (χ3n) is 5.70. The molecule has 12 heteroatoms. The van der Waals surface area contributed by atoms with Crippen LogP contribution in [0.25, 0.3) is 0 Å². The molecular weight excluding hydrogens is 540 g/mol. The second kappa shape index (κ2) is 13.7. The monoisotopic (exact) mass is 564 g/mol. The molecular formula is C30H24N6O6. The first-order valence-electron chi connectivity index (χ1n) is 12.4. The van der Waals surface area contributed by atoms with Crippen LogP contribution in [0.3, 0.4) is 0 Å². The molecule has 12 nitrogen and oxygen atoms in total. The van der Waals surface area contributed by atoms with E-state index in [1.54, 1.807) is 91.0 Å². The van der Waals surface area contributed by atoms with Gasteiger partial charge in [-0.25, -0.2) is 0 Å². The molecule has 0 aliphatic carbocycles. The molecule has 210 valence electrons. The van der Waals surface area contributed by atoms with Crippen LogP contribution in [0.5, 0.6) is 0 Å². The van der Waals surface area contributed by atoms with Crippen molar-refractivity contribution in [3.05, 3.63) is 143 Å². The average Bonchev–Trinajstić information content (AvgIpc) is 3.05. The molecule has 0 unspecified atom stereocenters. The van der Waals surface area contributed by atoms with E-state index < -0.39 is 35.4 Å². The summed E-state index contributed by atoms with van der Waals surface area (Å²) in [4.78, 5) is 75.7. The summed E-state index contributed by atoms with van der Waals surface area (Å²) in [6.45, 7) is 0. The fourth-order valence-corrected chi connectivity index (χ4v) is 3.56. The van der Waals surface area contributed by atoms with E-state index in [-0.39, 0.29) is 33.4 Å². The number of hydrogen-bond acceptors (Lipinski definition) is 6. The summed E-state index contributed by atoms with van der Waals surface area (Å²) in [6, 6.07) is 27.8. The molecule has 0 saturated heterocycles. The Balaban J connectivity index is 1.51. The van der Waals surface area contributed by atoms with Gasteiger partial charge in [0.25, 0.3) is 35.4 Å². The lowest BCUT2D eigenvalue weighted by Gasteiger charge is -2.13. The number of rotatable bonds is 6. The maximum Gasteiger partial charge on any atom is 0.269 e. The number of amides is 6. The smallest absolute Gasteiger partial charge is 0.267 e. The highest BCUT2D eigenvalue weighted by Crippen LogP contribution is 2.12. The van der Waals surface area contributed by atoms with Gasteiger partial charge in [0.05, 0.1) is 0 Å². The van der Waals surface area contributed by atoms with Crippen LogP contribution in [0.15, 0.2) is 109 Å². The molecule has 6 N–H and O–H groups in total. The molecule has 0 aromatic heterocycles. The Morgan fingerprint density at radius 3 is 0.690 bits per heavy atom. The molecule has 0 atom stereocenters. The summed E-state index contributed by atoms with van der Waals surface area (Å²) in [5, 5.41) is 0. The van der Waals surface area contributed by atoms with E-state index in [9.17, 15) is 28.8 Å². The molecule has 6 amide bonds. The molecule has 0 fully saturated rings. The van der Waals surface area contributed by atoms with Crippen LogP contribution < -0.4 is 32.6 Å². The third-order valence-corrected chi connectivity index (χ3v) is 5.70. The van der Waals surface area contributed by atoms with Crippen molar-refractivity contribution in [3.63, 3.8) is 0 Å². The minimum absolute atomic E-state index is 0.176. The zero-order valence-electron chi connectivity index (χ0n) is 21.8. The Morgan fingerprint density at radius 1 is 0.286 bits per heavy atom. The minimum Gasteiger partial charge on any atom is -0.267 e. The molecule has 0 spiro atoms. The van der Waals surface area contributed by atoms with Gasteiger partial charge in [0.1, 0.15) is 0 Å². The highest BCUT2D eigenvalue weighted by atomic mass is 16.2. The number of hydrazine groups is 3. The summed E-state index contributed by atoms with van der Waals surface area (Å²) in [5.74, 6) is -4.31. The first-order chi connectivity index (χ1) is 20.3. The van der Waals surface area contributed by atoms with Crippen molar-refractivity contribution < 1.29 is 28.8 Å². The summed E-state index contributed by atoms with van der Waals surface area (Å²) < 4.78 is 0. The highest BCUT2D eigenvalue weighted by molar-refractivity contribution is 6.06. The molecule has 0 saturated carbocycles. The summed E-state index contributed by atoms with van der Waals surface area (Å²) in [5.41, 5.74) is 13.8. The number of nitrogens with one attached hydrogen (secondary N) is 6. The van der Waals surface area contributed by atoms with Gasteiger partial charge in [0.15, 0.2) is 0 Å². The van der Waals surface area contributed by atoms with E-state index in [0.717, 1.165) is 18.2 Å². The number of carbonyl (C=O) groups excluding carboxylic acids is 6. The zero-order valence-corrected chi connectivity index (χ0v) is 21.8. The summed E-state index contributed by atoms with van der Waals surface area (Å²) in [6.07, 6.45) is 0. The van der Waals surface area contributed by atoms with E-state index in [1.807, 2.05) is 0 Å². The average molecular weight is 565 g/mol. The first kappa shape index (κ1) is 28.7. The predicted molar refractivity (Wildman–Crippen MR) is 151 cm³/mol. The zero-order chi connectivity index (χ0) is 29.9. The number of benzene rings is 4. The van der Waals surface area contributed by atoms with E-state index in [4.69, 9.17) is 0 Å². The van der Waals surface area contributed by atoms with Gasteiger partial charge in [0, 0.05) is 33.4 Å². The first-order valence-corrected chi connectivity index (χ1v) is 12.4. The van der Waals surface area contributed by atoms with Gasteiger partial charge in [-0.15, -0.1) is 0 Å². The van der Waals surface area contributed by atoms with Gasteiger partial charge in [-0.05, 0) is 54.6 Å². The molecule has 0 aliphatic rings. The molecule has 0 aliphatic heterocycles. The number of hydrogen-bond donors (Lipinski definition) is 6. The highest BCUT2D eigenvalue weighted by Gasteiger charge is 2.19. The SMILES string of the molecule is O=C(NNC(=O)c1cc(C(=O)NNC(=O)c2ccccc2)cc(C(=O)NNC(=O)c2ccccc2)c1)c1ccccc1. The fraction of sp³-hybridized carbons (Fsp3) is 0. The standard InChI is InChI=1S/C30H24N6O6/c37-25(19-10-4-1-5-11-19)31-34-28(40)22-16-23(29(41)35-32-26(38)20-12-6-2-7-13-20)18-24(17-22)30(42)36-33-27(39)21-14-8-3-9-15-21/h1-18H,(H,31,37)(H,32,38)(H,33,39)(H,34,40)(H,35,41)(H,36,42). The van der Waals surface area contributed by atoms with Crippen LogP contribution in [-0.4, -0.2) is 35.4 Å². The Labute approximate surface area is 239 Å². The fourth-order valence-electron chi connectivity index (χ4n) is 3.56. The van der Waals surface area contributed by atoms with Crippen molar-refractivity contribution in [1.29, 1.82) is 0 Å². The van der Waals surface area contributed by atoms with Crippen molar-refractivity contribution in [2.24, 2.45) is 0 Å². The van der Waals surface area contributed by atoms with E-state index in [2.05, 4.69) is 32.6 Å². The van der Waals surface area contributed by atoms with E-state index >= 15 is 0 Å². The van der Waals surface area contributed by atoms with Crippen LogP contribution >= 0.6 is 0 Å². The summed E-state index contributed by atoms with van der Waals surface area (Å²) in [7, 11) is 0. The van der Waals surface area contributed by atoms with Crippen molar-refractivity contribution in [2.45, 2.75) is 0 Å². The van der Waals surface area contributed by atoms with Gasteiger partial charge in [-0.2, -0.15) is 0 Å². The minimum atomic E-state index is -0.843. The lowest BCUT2D eigenvalue weighted by molar-refractivity contribution is 0.0838. The van der Waals surface area contributed by atoms with E-state index in [0.29, 0.717) is 0 Å². The topological polar surface area (TPSA) is 175 Å². The lowest BCUT2D eigenvalue weighted by atomic mass is 10.0.